The normalized spacial score (nSPS) is 27.6. The van der Waals surface area contributed by atoms with Gasteiger partial charge in [-0.1, -0.05) is 26.7 Å². The minimum Gasteiger partial charge on any atom is -0.506 e. The third-order valence-corrected chi connectivity index (χ3v) is 7.14. The summed E-state index contributed by atoms with van der Waals surface area (Å²) in [7, 11) is 0. The van der Waals surface area contributed by atoms with Crippen molar-refractivity contribution in [3.05, 3.63) is 23.3 Å². The molecule has 0 atom stereocenters. The molecule has 2 fully saturated rings. The van der Waals surface area contributed by atoms with Gasteiger partial charge in [-0.15, -0.1) is 0 Å². The molecule has 6 heteroatoms. The fourth-order valence-corrected chi connectivity index (χ4v) is 5.17. The first-order valence-corrected chi connectivity index (χ1v) is 11.3. The monoisotopic (exact) mass is 426 g/mol. The van der Waals surface area contributed by atoms with Gasteiger partial charge in [-0.2, -0.15) is 13.2 Å². The van der Waals surface area contributed by atoms with E-state index < -0.39 is 29.0 Å². The van der Waals surface area contributed by atoms with Crippen LogP contribution >= 0.6 is 0 Å². The Morgan fingerprint density at radius 1 is 1.03 bits per heavy atom. The van der Waals surface area contributed by atoms with Crippen LogP contribution in [-0.4, -0.2) is 17.5 Å². The van der Waals surface area contributed by atoms with Gasteiger partial charge in [0, 0.05) is 6.42 Å². The lowest BCUT2D eigenvalue weighted by Crippen LogP contribution is -2.27. The Hall–Kier alpha value is -1.72. The van der Waals surface area contributed by atoms with Crippen molar-refractivity contribution in [2.75, 3.05) is 6.61 Å². The highest BCUT2D eigenvalue weighted by molar-refractivity contribution is 5.99. The van der Waals surface area contributed by atoms with Crippen LogP contribution in [0.2, 0.25) is 0 Å². The molecule has 2 aliphatic rings. The van der Waals surface area contributed by atoms with Gasteiger partial charge < -0.3 is 9.84 Å². The summed E-state index contributed by atoms with van der Waals surface area (Å²) in [5.74, 6) is 0.662. The van der Waals surface area contributed by atoms with Gasteiger partial charge in [0.15, 0.2) is 5.78 Å². The molecule has 1 aromatic rings. The average Bonchev–Trinajstić information content (AvgIpc) is 2.71. The van der Waals surface area contributed by atoms with Gasteiger partial charge in [0.05, 0.1) is 12.2 Å². The number of carbonyl (C=O) groups excluding carboxylic acids is 1. The molecular formula is C24H33F3O3. The molecule has 30 heavy (non-hydrogen) atoms. The lowest BCUT2D eigenvalue weighted by molar-refractivity contribution is -0.140. The summed E-state index contributed by atoms with van der Waals surface area (Å²) in [4.78, 5) is 11.8. The maximum Gasteiger partial charge on any atom is 0.423 e. The van der Waals surface area contributed by atoms with E-state index in [4.69, 9.17) is 4.74 Å². The molecule has 0 amide bonds. The number of ketones is 1. The zero-order chi connectivity index (χ0) is 21.9. The second-order valence-electron chi connectivity index (χ2n) is 9.22. The Kier molecular flexibility index (Phi) is 7.35. The molecule has 0 aliphatic heterocycles. The van der Waals surface area contributed by atoms with Crippen molar-refractivity contribution < 1.29 is 27.8 Å². The summed E-state index contributed by atoms with van der Waals surface area (Å²) in [6.45, 7) is 4.07. The molecule has 0 spiro atoms. The molecule has 0 bridgehead atoms. The quantitative estimate of drug-likeness (QED) is 0.498. The Morgan fingerprint density at radius 2 is 1.60 bits per heavy atom. The average molecular weight is 427 g/mol. The van der Waals surface area contributed by atoms with Crippen LogP contribution in [0.15, 0.2) is 12.1 Å². The van der Waals surface area contributed by atoms with E-state index in [9.17, 15) is 23.1 Å². The SMILES string of the molecule is CCC(=O)c1ccc(OCC2CCC(C3CCC(C)CC3)CC2)c(C(F)(F)F)c1O. The first-order chi connectivity index (χ1) is 14.2. The third-order valence-electron chi connectivity index (χ3n) is 7.14. The first-order valence-electron chi connectivity index (χ1n) is 11.3. The van der Waals surface area contributed by atoms with E-state index >= 15 is 0 Å². The molecule has 0 heterocycles. The van der Waals surface area contributed by atoms with Crippen molar-refractivity contribution in [2.45, 2.75) is 77.8 Å². The number of Topliss-reactive ketones (excluding diaryl/α,β-unsaturated/α-hetero) is 1. The molecule has 0 unspecified atom stereocenters. The van der Waals surface area contributed by atoms with Crippen LogP contribution in [0.25, 0.3) is 0 Å². The predicted octanol–water partition coefficient (Wildman–Crippen LogP) is 7.02. The first kappa shape index (κ1) is 23.0. The second-order valence-corrected chi connectivity index (χ2v) is 9.22. The van der Waals surface area contributed by atoms with Crippen molar-refractivity contribution >= 4 is 5.78 Å². The van der Waals surface area contributed by atoms with Crippen molar-refractivity contribution in [1.29, 1.82) is 0 Å². The topological polar surface area (TPSA) is 46.5 Å². The van der Waals surface area contributed by atoms with E-state index in [1.807, 2.05) is 0 Å². The summed E-state index contributed by atoms with van der Waals surface area (Å²) in [5, 5.41) is 10.1. The molecule has 0 saturated heterocycles. The number of halogens is 3. The van der Waals surface area contributed by atoms with Crippen molar-refractivity contribution in [2.24, 2.45) is 23.7 Å². The van der Waals surface area contributed by atoms with Crippen molar-refractivity contribution in [1.82, 2.24) is 0 Å². The van der Waals surface area contributed by atoms with Gasteiger partial charge >= 0.3 is 6.18 Å². The number of hydrogen-bond acceptors (Lipinski definition) is 3. The number of benzene rings is 1. The van der Waals surface area contributed by atoms with E-state index in [0.717, 1.165) is 43.4 Å². The summed E-state index contributed by atoms with van der Waals surface area (Å²) in [5.41, 5.74) is -1.55. The van der Waals surface area contributed by atoms with Crippen LogP contribution < -0.4 is 4.74 Å². The fourth-order valence-electron chi connectivity index (χ4n) is 5.17. The highest BCUT2D eigenvalue weighted by atomic mass is 19.4. The Bertz CT molecular complexity index is 728. The zero-order valence-electron chi connectivity index (χ0n) is 17.9. The lowest BCUT2D eigenvalue weighted by Gasteiger charge is -2.37. The van der Waals surface area contributed by atoms with Crippen LogP contribution in [0.1, 0.15) is 87.6 Å². The molecule has 3 rings (SSSR count). The van der Waals surface area contributed by atoms with E-state index in [1.54, 1.807) is 6.92 Å². The molecule has 2 saturated carbocycles. The van der Waals surface area contributed by atoms with E-state index in [0.29, 0.717) is 0 Å². The predicted molar refractivity (Wildman–Crippen MR) is 110 cm³/mol. The fraction of sp³-hybridized carbons (Fsp3) is 0.708. The molecule has 1 aromatic carbocycles. The van der Waals surface area contributed by atoms with Crippen LogP contribution in [-0.2, 0) is 6.18 Å². The molecule has 0 aromatic heterocycles. The Labute approximate surface area is 177 Å². The number of phenolic OH excluding ortho intramolecular Hbond substituents is 1. The molecule has 3 nitrogen and oxygen atoms in total. The summed E-state index contributed by atoms with van der Waals surface area (Å²) >= 11 is 0. The second kappa shape index (κ2) is 9.61. The smallest absolute Gasteiger partial charge is 0.423 e. The maximum atomic E-state index is 13.6. The number of hydrogen-bond donors (Lipinski definition) is 1. The van der Waals surface area contributed by atoms with Gasteiger partial charge in [0.25, 0.3) is 0 Å². The molecule has 2 aliphatic carbocycles. The summed E-state index contributed by atoms with van der Waals surface area (Å²) < 4.78 is 46.2. The number of aromatic hydroxyl groups is 1. The van der Waals surface area contributed by atoms with Gasteiger partial charge in [-0.3, -0.25) is 4.79 Å². The minimum absolute atomic E-state index is 0.0220. The zero-order valence-corrected chi connectivity index (χ0v) is 17.9. The number of phenols is 1. The third kappa shape index (κ3) is 5.30. The van der Waals surface area contributed by atoms with E-state index in [2.05, 4.69) is 6.92 Å². The van der Waals surface area contributed by atoms with E-state index in [-0.39, 0.29) is 24.5 Å². The van der Waals surface area contributed by atoms with Crippen LogP contribution in [0.3, 0.4) is 0 Å². The number of carbonyl (C=O) groups is 1. The van der Waals surface area contributed by atoms with Gasteiger partial charge in [0.1, 0.15) is 17.1 Å². The van der Waals surface area contributed by atoms with Gasteiger partial charge in [-0.05, 0) is 74.3 Å². The lowest BCUT2D eigenvalue weighted by atomic mass is 9.69. The minimum atomic E-state index is -4.79. The van der Waals surface area contributed by atoms with Crippen LogP contribution in [0.4, 0.5) is 13.2 Å². The number of alkyl halides is 3. The largest absolute Gasteiger partial charge is 0.506 e. The standard InChI is InChI=1S/C24H33F3O3/c1-3-20(28)19-12-13-21(22(23(19)29)24(25,26)27)30-14-16-6-10-18(11-7-16)17-8-4-15(2)5-9-17/h12-13,15-18,29H,3-11,14H2,1-2H3. The number of ether oxygens (including phenoxy) is 1. The van der Waals surface area contributed by atoms with E-state index in [1.165, 1.54) is 37.8 Å². The van der Waals surface area contributed by atoms with Crippen LogP contribution in [0, 0.1) is 23.7 Å². The highest BCUT2D eigenvalue weighted by Gasteiger charge is 2.40. The number of rotatable bonds is 6. The summed E-state index contributed by atoms with van der Waals surface area (Å²) in [6.07, 6.45) is 4.65. The summed E-state index contributed by atoms with van der Waals surface area (Å²) in [6, 6.07) is 2.40. The van der Waals surface area contributed by atoms with Gasteiger partial charge in [0.2, 0.25) is 0 Å². The molecule has 168 valence electrons. The molecule has 1 N–H and O–H groups in total. The highest BCUT2D eigenvalue weighted by Crippen LogP contribution is 2.45. The maximum absolute atomic E-state index is 13.6. The van der Waals surface area contributed by atoms with Gasteiger partial charge in [-0.25, -0.2) is 0 Å². The van der Waals surface area contributed by atoms with Crippen molar-refractivity contribution in [3.8, 4) is 11.5 Å². The Morgan fingerprint density at radius 3 is 2.13 bits per heavy atom. The van der Waals surface area contributed by atoms with Crippen LogP contribution in [0.5, 0.6) is 11.5 Å². The molecular weight excluding hydrogens is 393 g/mol. The molecule has 0 radical (unpaired) electrons. The Balaban J connectivity index is 1.61. The van der Waals surface area contributed by atoms with Crippen molar-refractivity contribution in [3.63, 3.8) is 0 Å².